The molecule has 0 aliphatic heterocycles. The number of benzene rings is 1. The first kappa shape index (κ1) is 27.0. The summed E-state index contributed by atoms with van der Waals surface area (Å²) in [6, 6.07) is 2.97. The Bertz CT molecular complexity index is 644. The molecule has 1 atom stereocenters. The van der Waals surface area contributed by atoms with Crippen molar-refractivity contribution in [2.45, 2.75) is 96.7 Å². The second-order valence-electron chi connectivity index (χ2n) is 7.97. The van der Waals surface area contributed by atoms with Gasteiger partial charge in [0.05, 0.1) is 12.2 Å². The Balaban J connectivity index is 2.13. The van der Waals surface area contributed by atoms with Crippen molar-refractivity contribution < 1.29 is 27.5 Å². The molecule has 1 rings (SSSR count). The molecule has 0 aromatic heterocycles. The summed E-state index contributed by atoms with van der Waals surface area (Å²) in [5.74, 6) is -1.17. The van der Waals surface area contributed by atoms with Gasteiger partial charge in [0.15, 0.2) is 0 Å². The monoisotopic (exact) mass is 443 g/mol. The van der Waals surface area contributed by atoms with Crippen LogP contribution in [-0.2, 0) is 15.7 Å². The zero-order valence-electron chi connectivity index (χ0n) is 18.7. The third kappa shape index (κ3) is 11.8. The molecule has 0 heterocycles. The van der Waals surface area contributed by atoms with E-state index in [0.29, 0.717) is 6.61 Å². The molecule has 1 aromatic rings. The number of unbranched alkanes of at least 4 members (excludes halogenated alkanes) is 10. The molecule has 31 heavy (non-hydrogen) atoms. The van der Waals surface area contributed by atoms with Crippen molar-refractivity contribution in [3.63, 3.8) is 0 Å². The molecule has 1 aromatic carbocycles. The van der Waals surface area contributed by atoms with Gasteiger partial charge in [0.2, 0.25) is 0 Å². The van der Waals surface area contributed by atoms with Crippen LogP contribution in [0.5, 0.6) is 0 Å². The molecule has 7 heteroatoms. The fourth-order valence-electron chi connectivity index (χ4n) is 3.21. The number of nitrogens with one attached hydrogen (secondary N) is 1. The van der Waals surface area contributed by atoms with E-state index in [4.69, 9.17) is 4.74 Å². The Morgan fingerprint density at radius 3 is 1.84 bits per heavy atom. The maximum absolute atomic E-state index is 12.6. The first-order chi connectivity index (χ1) is 14.8. The standard InChI is InChI=1S/C24H36F3NO3/c1-3-4-5-6-7-8-9-10-11-12-13-18-31-23(30)19(2)28-22(29)20-14-16-21(17-15-20)24(25,26)27/h14-17,19H,3-13,18H2,1-2H3,(H,28,29). The highest BCUT2D eigenvalue weighted by Crippen LogP contribution is 2.29. The largest absolute Gasteiger partial charge is 0.464 e. The lowest BCUT2D eigenvalue weighted by Crippen LogP contribution is -2.39. The number of carbonyl (C=O) groups is 2. The van der Waals surface area contributed by atoms with Crippen LogP contribution in [0.4, 0.5) is 13.2 Å². The number of rotatable bonds is 15. The lowest BCUT2D eigenvalue weighted by atomic mass is 10.1. The average Bonchev–Trinajstić information content (AvgIpc) is 2.73. The van der Waals surface area contributed by atoms with Crippen LogP contribution < -0.4 is 5.32 Å². The van der Waals surface area contributed by atoms with E-state index in [0.717, 1.165) is 43.5 Å². The van der Waals surface area contributed by atoms with Crippen LogP contribution in [0.2, 0.25) is 0 Å². The topological polar surface area (TPSA) is 55.4 Å². The van der Waals surface area contributed by atoms with Crippen molar-refractivity contribution in [1.29, 1.82) is 0 Å². The van der Waals surface area contributed by atoms with Gasteiger partial charge in [0.1, 0.15) is 6.04 Å². The van der Waals surface area contributed by atoms with Crippen molar-refractivity contribution >= 4 is 11.9 Å². The predicted molar refractivity (Wildman–Crippen MR) is 116 cm³/mol. The van der Waals surface area contributed by atoms with Crippen molar-refractivity contribution in [2.75, 3.05) is 6.61 Å². The van der Waals surface area contributed by atoms with Crippen molar-refractivity contribution in [2.24, 2.45) is 0 Å². The van der Waals surface area contributed by atoms with Crippen molar-refractivity contribution in [3.8, 4) is 0 Å². The Morgan fingerprint density at radius 2 is 1.35 bits per heavy atom. The molecule has 1 unspecified atom stereocenters. The first-order valence-electron chi connectivity index (χ1n) is 11.4. The highest BCUT2D eigenvalue weighted by Gasteiger charge is 2.30. The van der Waals surface area contributed by atoms with Crippen molar-refractivity contribution in [1.82, 2.24) is 5.32 Å². The number of hydrogen-bond acceptors (Lipinski definition) is 3. The minimum atomic E-state index is -4.46. The molecule has 0 bridgehead atoms. The lowest BCUT2D eigenvalue weighted by Gasteiger charge is -2.14. The molecule has 0 fully saturated rings. The maximum atomic E-state index is 12.6. The van der Waals surface area contributed by atoms with Gasteiger partial charge < -0.3 is 10.1 Å². The number of amides is 1. The van der Waals surface area contributed by atoms with Crippen LogP contribution in [0.1, 0.15) is 100 Å². The summed E-state index contributed by atoms with van der Waals surface area (Å²) in [4.78, 5) is 24.1. The lowest BCUT2D eigenvalue weighted by molar-refractivity contribution is -0.145. The van der Waals surface area contributed by atoms with E-state index in [1.807, 2.05) is 0 Å². The number of halogens is 3. The molecule has 4 nitrogen and oxygen atoms in total. The maximum Gasteiger partial charge on any atom is 0.416 e. The number of esters is 1. The van der Waals surface area contributed by atoms with Crippen LogP contribution in [-0.4, -0.2) is 24.5 Å². The van der Waals surface area contributed by atoms with Gasteiger partial charge >= 0.3 is 12.1 Å². The van der Waals surface area contributed by atoms with Crippen LogP contribution >= 0.6 is 0 Å². The SMILES string of the molecule is CCCCCCCCCCCCCOC(=O)C(C)NC(=O)c1ccc(C(F)(F)F)cc1. The number of carbonyl (C=O) groups excluding carboxylic acids is 2. The van der Waals surface area contributed by atoms with E-state index in [-0.39, 0.29) is 5.56 Å². The van der Waals surface area contributed by atoms with Gasteiger partial charge in [-0.3, -0.25) is 4.79 Å². The highest BCUT2D eigenvalue weighted by atomic mass is 19.4. The molecule has 0 aliphatic rings. The average molecular weight is 444 g/mol. The second kappa shape index (κ2) is 14.9. The van der Waals surface area contributed by atoms with Gasteiger partial charge in [-0.05, 0) is 37.6 Å². The fraction of sp³-hybridized carbons (Fsp3) is 0.667. The summed E-state index contributed by atoms with van der Waals surface area (Å²) in [7, 11) is 0. The molecule has 176 valence electrons. The highest BCUT2D eigenvalue weighted by molar-refractivity contribution is 5.96. The van der Waals surface area contributed by atoms with E-state index in [9.17, 15) is 22.8 Å². The molecule has 0 spiro atoms. The minimum absolute atomic E-state index is 0.0537. The summed E-state index contributed by atoms with van der Waals surface area (Å²) < 4.78 is 42.9. The normalized spacial score (nSPS) is 12.4. The van der Waals surface area contributed by atoms with Gasteiger partial charge in [-0.1, -0.05) is 71.1 Å². The Hall–Kier alpha value is -2.05. The molecule has 0 saturated heterocycles. The second-order valence-corrected chi connectivity index (χ2v) is 7.97. The van der Waals surface area contributed by atoms with Crippen LogP contribution in [0, 0.1) is 0 Å². The molecule has 0 saturated carbocycles. The molecular weight excluding hydrogens is 407 g/mol. The van der Waals surface area contributed by atoms with Gasteiger partial charge in [0, 0.05) is 5.56 Å². The summed E-state index contributed by atoms with van der Waals surface area (Å²) in [6.07, 6.45) is 8.75. The molecule has 0 aliphatic carbocycles. The van der Waals surface area contributed by atoms with E-state index in [2.05, 4.69) is 12.2 Å². The fourth-order valence-corrected chi connectivity index (χ4v) is 3.21. The molecule has 1 amide bonds. The summed E-state index contributed by atoms with van der Waals surface area (Å²) >= 11 is 0. The number of hydrogen-bond donors (Lipinski definition) is 1. The van der Waals surface area contributed by atoms with Crippen LogP contribution in [0.15, 0.2) is 24.3 Å². The summed E-state index contributed by atoms with van der Waals surface area (Å²) in [5.41, 5.74) is -0.776. The Labute approximate surface area is 183 Å². The van der Waals surface area contributed by atoms with E-state index in [1.54, 1.807) is 0 Å². The summed E-state index contributed by atoms with van der Waals surface area (Å²) in [5, 5.41) is 2.45. The Morgan fingerprint density at radius 1 is 0.871 bits per heavy atom. The minimum Gasteiger partial charge on any atom is -0.464 e. The van der Waals surface area contributed by atoms with E-state index in [1.165, 1.54) is 58.3 Å². The molecular formula is C24H36F3NO3. The molecule has 0 radical (unpaired) electrons. The van der Waals surface area contributed by atoms with Crippen molar-refractivity contribution in [3.05, 3.63) is 35.4 Å². The van der Waals surface area contributed by atoms with E-state index >= 15 is 0 Å². The zero-order valence-corrected chi connectivity index (χ0v) is 18.7. The third-order valence-corrected chi connectivity index (χ3v) is 5.17. The van der Waals surface area contributed by atoms with Gasteiger partial charge in [-0.25, -0.2) is 4.79 Å². The molecule has 1 N–H and O–H groups in total. The number of alkyl halides is 3. The first-order valence-corrected chi connectivity index (χ1v) is 11.4. The Kier molecular flexibility index (Phi) is 12.9. The van der Waals surface area contributed by atoms with E-state index < -0.39 is 29.7 Å². The smallest absolute Gasteiger partial charge is 0.416 e. The third-order valence-electron chi connectivity index (χ3n) is 5.17. The summed E-state index contributed by atoms with van der Waals surface area (Å²) in [6.45, 7) is 4.01. The van der Waals surface area contributed by atoms with Crippen LogP contribution in [0.25, 0.3) is 0 Å². The number of ether oxygens (including phenoxy) is 1. The quantitative estimate of drug-likeness (QED) is 0.243. The van der Waals surface area contributed by atoms with Gasteiger partial charge in [0.25, 0.3) is 5.91 Å². The van der Waals surface area contributed by atoms with Gasteiger partial charge in [-0.2, -0.15) is 13.2 Å². The zero-order chi connectivity index (χ0) is 23.1. The van der Waals surface area contributed by atoms with Gasteiger partial charge in [-0.15, -0.1) is 0 Å². The predicted octanol–water partition coefficient (Wildman–Crippen LogP) is 6.68. The van der Waals surface area contributed by atoms with Crippen LogP contribution in [0.3, 0.4) is 0 Å².